The van der Waals surface area contributed by atoms with Crippen LogP contribution in [-0.4, -0.2) is 37.4 Å². The largest absolute Gasteiger partial charge is 0.357 e. The van der Waals surface area contributed by atoms with Gasteiger partial charge in [-0.3, -0.25) is 4.79 Å². The maximum Gasteiger partial charge on any atom is 0.251 e. The van der Waals surface area contributed by atoms with Crippen molar-refractivity contribution >= 4 is 35.8 Å². The Balaban J connectivity index is 0.00000364. The van der Waals surface area contributed by atoms with Gasteiger partial charge in [0.2, 0.25) is 0 Å². The molecule has 0 radical (unpaired) electrons. The highest BCUT2D eigenvalue weighted by atomic mass is 127. The molecule has 0 fully saturated rings. The van der Waals surface area contributed by atoms with Crippen molar-refractivity contribution in [3.05, 3.63) is 71.0 Å². The molecule has 0 aromatic heterocycles. The maximum absolute atomic E-state index is 13.4. The predicted octanol–water partition coefficient (Wildman–Crippen LogP) is 3.40. The first-order valence-electron chi connectivity index (χ1n) is 8.58. The lowest BCUT2D eigenvalue weighted by Gasteiger charge is -2.22. The van der Waals surface area contributed by atoms with Crippen molar-refractivity contribution in [3.63, 3.8) is 0 Å². The first kappa shape index (κ1) is 22.9. The lowest BCUT2D eigenvalue weighted by atomic mass is 10.1. The molecule has 0 saturated heterocycles. The summed E-state index contributed by atoms with van der Waals surface area (Å²) in [5.41, 5.74) is 2.43. The van der Waals surface area contributed by atoms with E-state index in [0.717, 1.165) is 23.6 Å². The van der Waals surface area contributed by atoms with Crippen molar-refractivity contribution in [1.82, 2.24) is 15.5 Å². The van der Waals surface area contributed by atoms with Crippen molar-refractivity contribution in [2.75, 3.05) is 20.6 Å². The van der Waals surface area contributed by atoms with Crippen molar-refractivity contribution in [2.24, 2.45) is 4.99 Å². The van der Waals surface area contributed by atoms with E-state index in [0.29, 0.717) is 18.7 Å². The summed E-state index contributed by atoms with van der Waals surface area (Å²) in [6.45, 7) is 3.71. The Morgan fingerprint density at radius 1 is 1.15 bits per heavy atom. The highest BCUT2D eigenvalue weighted by Crippen LogP contribution is 2.09. The van der Waals surface area contributed by atoms with Crippen LogP contribution in [0.4, 0.5) is 4.39 Å². The van der Waals surface area contributed by atoms with Gasteiger partial charge >= 0.3 is 0 Å². The molecule has 0 aliphatic carbocycles. The Morgan fingerprint density at radius 2 is 1.85 bits per heavy atom. The number of hydrogen-bond acceptors (Lipinski definition) is 2. The molecule has 2 rings (SSSR count). The van der Waals surface area contributed by atoms with E-state index in [4.69, 9.17) is 0 Å². The number of nitrogens with zero attached hydrogens (tertiary/aromatic N) is 2. The molecule has 0 spiro atoms. The fourth-order valence-electron chi connectivity index (χ4n) is 2.58. The molecule has 0 bridgehead atoms. The van der Waals surface area contributed by atoms with Gasteiger partial charge in [-0.25, -0.2) is 9.38 Å². The topological polar surface area (TPSA) is 56.7 Å². The number of hydrogen-bond donors (Lipinski definition) is 2. The first-order chi connectivity index (χ1) is 12.5. The zero-order chi connectivity index (χ0) is 18.9. The standard InChI is InChI=1S/C20H25FN4O.HI/c1-4-23-20(25(3)14-16-8-6-10-18(21)12-16)24-13-15-7-5-9-17(11-15)19(26)22-2;/h5-12H,4,13-14H2,1-3H3,(H,22,26)(H,23,24);1H. The number of carbonyl (C=O) groups is 1. The predicted molar refractivity (Wildman–Crippen MR) is 118 cm³/mol. The van der Waals surface area contributed by atoms with E-state index in [-0.39, 0.29) is 35.7 Å². The summed E-state index contributed by atoms with van der Waals surface area (Å²) in [5.74, 6) is 0.358. The van der Waals surface area contributed by atoms with Crippen LogP contribution in [0.1, 0.15) is 28.4 Å². The zero-order valence-corrected chi connectivity index (χ0v) is 18.2. The highest BCUT2D eigenvalue weighted by molar-refractivity contribution is 14.0. The normalized spacial score (nSPS) is 10.7. The Kier molecular flexibility index (Phi) is 9.77. The van der Waals surface area contributed by atoms with E-state index < -0.39 is 0 Å². The molecule has 0 saturated carbocycles. The Morgan fingerprint density at radius 3 is 2.52 bits per heavy atom. The molecule has 2 aromatic carbocycles. The molecule has 146 valence electrons. The smallest absolute Gasteiger partial charge is 0.251 e. The molecule has 1 amide bonds. The van der Waals surface area contributed by atoms with E-state index in [2.05, 4.69) is 15.6 Å². The average molecular weight is 484 g/mol. The SMILES string of the molecule is CCNC(=NCc1cccc(C(=O)NC)c1)N(C)Cc1cccc(F)c1.I. The second kappa shape index (κ2) is 11.5. The summed E-state index contributed by atoms with van der Waals surface area (Å²) in [6, 6.07) is 13.9. The van der Waals surface area contributed by atoms with Crippen LogP contribution >= 0.6 is 24.0 Å². The Hall–Kier alpha value is -2.16. The van der Waals surface area contributed by atoms with Gasteiger partial charge in [0.1, 0.15) is 5.82 Å². The minimum atomic E-state index is -0.246. The Labute approximate surface area is 177 Å². The summed E-state index contributed by atoms with van der Waals surface area (Å²) < 4.78 is 13.4. The van der Waals surface area contributed by atoms with Crippen molar-refractivity contribution in [2.45, 2.75) is 20.0 Å². The van der Waals surface area contributed by atoms with Crippen molar-refractivity contribution < 1.29 is 9.18 Å². The Bertz CT molecular complexity index is 782. The molecule has 0 unspecified atom stereocenters. The summed E-state index contributed by atoms with van der Waals surface area (Å²) in [7, 11) is 3.52. The van der Waals surface area contributed by atoms with Crippen LogP contribution in [0.2, 0.25) is 0 Å². The van der Waals surface area contributed by atoms with E-state index in [1.807, 2.05) is 43.1 Å². The first-order valence-corrected chi connectivity index (χ1v) is 8.58. The van der Waals surface area contributed by atoms with E-state index >= 15 is 0 Å². The van der Waals surface area contributed by atoms with Crippen LogP contribution in [0.3, 0.4) is 0 Å². The van der Waals surface area contributed by atoms with Crippen molar-refractivity contribution in [3.8, 4) is 0 Å². The average Bonchev–Trinajstić information content (AvgIpc) is 2.64. The second-order valence-electron chi connectivity index (χ2n) is 5.94. The molecular formula is C20H26FIN4O. The second-order valence-corrected chi connectivity index (χ2v) is 5.94. The molecule has 5 nitrogen and oxygen atoms in total. The fraction of sp³-hybridized carbons (Fsp3) is 0.300. The van der Waals surface area contributed by atoms with Gasteiger partial charge in [0.05, 0.1) is 6.54 Å². The zero-order valence-electron chi connectivity index (χ0n) is 15.8. The molecule has 0 aliphatic rings. The number of halogens is 2. The van der Waals surface area contributed by atoms with Gasteiger partial charge in [0.25, 0.3) is 5.91 Å². The van der Waals surface area contributed by atoms with E-state index in [9.17, 15) is 9.18 Å². The van der Waals surface area contributed by atoms with Gasteiger partial charge in [-0.15, -0.1) is 24.0 Å². The molecule has 7 heteroatoms. The molecule has 27 heavy (non-hydrogen) atoms. The van der Waals surface area contributed by atoms with Gasteiger partial charge < -0.3 is 15.5 Å². The number of rotatable bonds is 6. The third-order valence-electron chi connectivity index (χ3n) is 3.83. The number of amides is 1. The molecule has 0 atom stereocenters. The number of nitrogens with one attached hydrogen (secondary N) is 2. The minimum Gasteiger partial charge on any atom is -0.357 e. The summed E-state index contributed by atoms with van der Waals surface area (Å²) >= 11 is 0. The van der Waals surface area contributed by atoms with Gasteiger partial charge in [0, 0.05) is 32.7 Å². The molecule has 0 aliphatic heterocycles. The van der Waals surface area contributed by atoms with Crippen LogP contribution in [-0.2, 0) is 13.1 Å². The van der Waals surface area contributed by atoms with Crippen LogP contribution in [0.25, 0.3) is 0 Å². The minimum absolute atomic E-state index is 0. The molecule has 0 heterocycles. The number of benzene rings is 2. The van der Waals surface area contributed by atoms with E-state index in [1.54, 1.807) is 19.2 Å². The van der Waals surface area contributed by atoms with E-state index in [1.165, 1.54) is 12.1 Å². The number of aliphatic imine (C=N–C) groups is 1. The lowest BCUT2D eigenvalue weighted by molar-refractivity contribution is 0.0963. The van der Waals surface area contributed by atoms with Gasteiger partial charge in [-0.1, -0.05) is 24.3 Å². The van der Waals surface area contributed by atoms with Gasteiger partial charge in [-0.05, 0) is 42.3 Å². The van der Waals surface area contributed by atoms with Gasteiger partial charge in [-0.2, -0.15) is 0 Å². The van der Waals surface area contributed by atoms with Crippen LogP contribution in [0.15, 0.2) is 53.5 Å². The van der Waals surface area contributed by atoms with Crippen LogP contribution in [0.5, 0.6) is 0 Å². The lowest BCUT2D eigenvalue weighted by Crippen LogP contribution is -2.38. The highest BCUT2D eigenvalue weighted by Gasteiger charge is 2.08. The summed E-state index contributed by atoms with van der Waals surface area (Å²) in [6.07, 6.45) is 0. The van der Waals surface area contributed by atoms with Crippen LogP contribution in [0, 0.1) is 5.82 Å². The fourth-order valence-corrected chi connectivity index (χ4v) is 2.58. The third-order valence-corrected chi connectivity index (χ3v) is 3.83. The monoisotopic (exact) mass is 484 g/mol. The third kappa shape index (κ3) is 7.16. The van der Waals surface area contributed by atoms with Crippen molar-refractivity contribution in [1.29, 1.82) is 0 Å². The maximum atomic E-state index is 13.4. The number of carbonyl (C=O) groups excluding carboxylic acids is 1. The summed E-state index contributed by atoms with van der Waals surface area (Å²) in [4.78, 5) is 18.3. The number of guanidine groups is 1. The van der Waals surface area contributed by atoms with Gasteiger partial charge in [0.15, 0.2) is 5.96 Å². The summed E-state index contributed by atoms with van der Waals surface area (Å²) in [5, 5.41) is 5.86. The molecule has 2 aromatic rings. The van der Waals surface area contributed by atoms with Crippen LogP contribution < -0.4 is 10.6 Å². The molecule has 2 N–H and O–H groups in total. The quantitative estimate of drug-likeness (QED) is 0.376. The molecular weight excluding hydrogens is 458 g/mol.